The minimum absolute atomic E-state index is 0.0740. The lowest BCUT2D eigenvalue weighted by molar-refractivity contribution is -0.120. The number of anilines is 1. The van der Waals surface area contributed by atoms with Gasteiger partial charge in [-0.25, -0.2) is 9.50 Å². The number of fused-ring (bicyclic) bond motifs is 3. The Balaban J connectivity index is 1.40. The highest BCUT2D eigenvalue weighted by atomic mass is 16.5. The Morgan fingerprint density at radius 2 is 2.12 bits per heavy atom. The Kier molecular flexibility index (Phi) is 5.28. The first kappa shape index (κ1) is 22.0. The van der Waals surface area contributed by atoms with Crippen LogP contribution in [-0.4, -0.2) is 44.7 Å². The van der Waals surface area contributed by atoms with Gasteiger partial charge in [0.25, 0.3) is 0 Å². The zero-order chi connectivity index (χ0) is 24.0. The zero-order valence-electron chi connectivity index (χ0n) is 19.7. The maximum Gasteiger partial charge on any atom is 0.246 e. The van der Waals surface area contributed by atoms with E-state index >= 15 is 0 Å². The van der Waals surface area contributed by atoms with Crippen molar-refractivity contribution in [2.24, 2.45) is 0 Å². The van der Waals surface area contributed by atoms with Gasteiger partial charge in [-0.3, -0.25) is 4.79 Å². The second-order valence-electron chi connectivity index (χ2n) is 9.54. The van der Waals surface area contributed by atoms with Crippen LogP contribution in [0, 0.1) is 11.3 Å². The lowest BCUT2D eigenvalue weighted by atomic mass is 9.69. The Bertz CT molecular complexity index is 1310. The van der Waals surface area contributed by atoms with E-state index in [1.54, 1.807) is 23.8 Å². The summed E-state index contributed by atoms with van der Waals surface area (Å²) in [6, 6.07) is 8.94. The third-order valence-electron chi connectivity index (χ3n) is 6.85. The van der Waals surface area contributed by atoms with E-state index in [9.17, 15) is 10.1 Å². The number of nitrogens with zero attached hydrogens (tertiary/aromatic N) is 5. The number of carbonyl (C=O) groups is 1. The largest absolute Gasteiger partial charge is 0.492 e. The molecule has 5 heterocycles. The molecular weight excluding hydrogens is 428 g/mol. The molecule has 2 atom stereocenters. The first-order chi connectivity index (χ1) is 16.3. The number of hydrogen-bond acceptors (Lipinski definition) is 6. The minimum atomic E-state index is -0.221. The van der Waals surface area contributed by atoms with Crippen molar-refractivity contribution in [3.05, 3.63) is 54.5 Å². The minimum Gasteiger partial charge on any atom is -0.492 e. The van der Waals surface area contributed by atoms with Crippen LogP contribution in [0.2, 0.25) is 0 Å². The van der Waals surface area contributed by atoms with Gasteiger partial charge in [-0.05, 0) is 58.2 Å². The first-order valence-electron chi connectivity index (χ1n) is 11.6. The van der Waals surface area contributed by atoms with Gasteiger partial charge in [0.2, 0.25) is 5.91 Å². The van der Waals surface area contributed by atoms with Crippen LogP contribution >= 0.6 is 0 Å². The number of rotatable bonds is 6. The second kappa shape index (κ2) is 8.17. The van der Waals surface area contributed by atoms with Crippen molar-refractivity contribution in [2.45, 2.75) is 57.7 Å². The second-order valence-corrected chi connectivity index (χ2v) is 9.54. The Hall–Kier alpha value is -3.86. The van der Waals surface area contributed by atoms with Crippen molar-refractivity contribution in [3.63, 3.8) is 0 Å². The lowest BCUT2D eigenvalue weighted by Crippen LogP contribution is -2.69. The molecule has 1 saturated carbocycles. The summed E-state index contributed by atoms with van der Waals surface area (Å²) < 4.78 is 7.40. The van der Waals surface area contributed by atoms with E-state index in [1.807, 2.05) is 31.3 Å². The van der Waals surface area contributed by atoms with Gasteiger partial charge in [0.05, 0.1) is 30.1 Å². The fourth-order valence-corrected chi connectivity index (χ4v) is 5.39. The van der Waals surface area contributed by atoms with Crippen LogP contribution in [0.15, 0.2) is 48.9 Å². The molecule has 0 radical (unpaired) electrons. The number of hydrogen-bond donors (Lipinski definition) is 1. The van der Waals surface area contributed by atoms with Crippen molar-refractivity contribution < 1.29 is 9.53 Å². The monoisotopic (exact) mass is 456 g/mol. The van der Waals surface area contributed by atoms with Crippen LogP contribution in [0.25, 0.3) is 16.6 Å². The molecule has 6 rings (SSSR count). The van der Waals surface area contributed by atoms with Crippen molar-refractivity contribution in [3.8, 4) is 22.9 Å². The molecule has 3 aromatic heterocycles. The summed E-state index contributed by atoms with van der Waals surface area (Å²) in [6.45, 7) is 10.1. The Morgan fingerprint density at radius 1 is 1.35 bits per heavy atom. The zero-order valence-corrected chi connectivity index (χ0v) is 19.7. The highest BCUT2D eigenvalue weighted by Crippen LogP contribution is 2.45. The van der Waals surface area contributed by atoms with Gasteiger partial charge in [0.15, 0.2) is 0 Å². The summed E-state index contributed by atoms with van der Waals surface area (Å²) in [5, 5.41) is 17.0. The molecule has 2 saturated heterocycles. The van der Waals surface area contributed by atoms with E-state index in [4.69, 9.17) is 9.72 Å². The topological polar surface area (TPSA) is 95.5 Å². The average Bonchev–Trinajstić information content (AvgIpc) is 3.22. The molecule has 3 aliphatic rings. The van der Waals surface area contributed by atoms with E-state index < -0.39 is 0 Å². The van der Waals surface area contributed by atoms with Crippen molar-refractivity contribution in [1.29, 1.82) is 5.26 Å². The van der Waals surface area contributed by atoms with Gasteiger partial charge in [-0.15, -0.1) is 0 Å². The molecule has 2 bridgehead atoms. The summed E-state index contributed by atoms with van der Waals surface area (Å²) in [6.07, 6.45) is 8.08. The third-order valence-corrected chi connectivity index (χ3v) is 6.85. The van der Waals surface area contributed by atoms with E-state index in [2.05, 4.69) is 34.9 Å². The van der Waals surface area contributed by atoms with Gasteiger partial charge >= 0.3 is 0 Å². The number of nitrogens with one attached hydrogen (secondary N) is 1. The SMILES string of the molecule is C=C(C)C(=O)NC1(C)CC2CC(C1)N2c1ccc(-c2cc(OCC)cn3ncc(C#N)c23)cn1. The number of piperidine rings is 1. The lowest BCUT2D eigenvalue weighted by Gasteiger charge is -2.59. The molecule has 3 aromatic rings. The van der Waals surface area contributed by atoms with E-state index in [-0.39, 0.29) is 11.4 Å². The van der Waals surface area contributed by atoms with Crippen molar-refractivity contribution in [1.82, 2.24) is 19.9 Å². The molecule has 2 unspecified atom stereocenters. The molecule has 2 aliphatic heterocycles. The third kappa shape index (κ3) is 3.67. The maximum atomic E-state index is 12.2. The summed E-state index contributed by atoms with van der Waals surface area (Å²) in [5.74, 6) is 1.55. The molecule has 1 amide bonds. The van der Waals surface area contributed by atoms with Gasteiger partial charge in [0, 0.05) is 40.5 Å². The number of nitriles is 1. The average molecular weight is 457 g/mol. The Labute approximate surface area is 198 Å². The maximum absolute atomic E-state index is 12.2. The molecular formula is C26H28N6O2. The van der Waals surface area contributed by atoms with Gasteiger partial charge in [-0.2, -0.15) is 10.4 Å². The number of pyridine rings is 2. The van der Waals surface area contributed by atoms with Crippen LogP contribution in [0.1, 0.15) is 45.6 Å². The van der Waals surface area contributed by atoms with Crippen molar-refractivity contribution >= 4 is 17.2 Å². The standard InChI is InChI=1S/C26H28N6O2/c1-5-34-21-9-22(24-18(12-27)14-29-31(24)15-21)17-6-7-23(28-13-17)32-19-8-20(32)11-26(4,10-19)30-25(33)16(2)3/h6-7,9,13-15,19-20H,2,5,8,10-11H2,1,3-4H3,(H,30,33). The molecule has 3 fully saturated rings. The molecule has 8 nitrogen and oxygen atoms in total. The van der Waals surface area contributed by atoms with E-state index in [0.29, 0.717) is 35.6 Å². The van der Waals surface area contributed by atoms with Gasteiger partial charge in [0.1, 0.15) is 17.6 Å². The number of aromatic nitrogens is 3. The molecule has 174 valence electrons. The summed E-state index contributed by atoms with van der Waals surface area (Å²) in [4.78, 5) is 19.3. The van der Waals surface area contributed by atoms with Crippen LogP contribution in [-0.2, 0) is 4.79 Å². The number of carbonyl (C=O) groups excluding carboxylic acids is 1. The van der Waals surface area contributed by atoms with Crippen LogP contribution < -0.4 is 15.0 Å². The molecule has 0 aromatic carbocycles. The highest BCUT2D eigenvalue weighted by molar-refractivity contribution is 5.92. The summed E-state index contributed by atoms with van der Waals surface area (Å²) >= 11 is 0. The predicted molar refractivity (Wildman–Crippen MR) is 130 cm³/mol. The molecule has 1 N–H and O–H groups in total. The quantitative estimate of drug-likeness (QED) is 0.566. The normalized spacial score (nSPS) is 23.2. The van der Waals surface area contributed by atoms with Crippen LogP contribution in [0.3, 0.4) is 0 Å². The van der Waals surface area contributed by atoms with E-state index in [0.717, 1.165) is 41.7 Å². The Morgan fingerprint density at radius 3 is 2.74 bits per heavy atom. The van der Waals surface area contributed by atoms with E-state index in [1.165, 1.54) is 0 Å². The summed E-state index contributed by atoms with van der Waals surface area (Å²) in [7, 11) is 0. The van der Waals surface area contributed by atoms with Gasteiger partial charge < -0.3 is 15.0 Å². The number of amides is 1. The van der Waals surface area contributed by atoms with Crippen LogP contribution in [0.4, 0.5) is 5.82 Å². The highest BCUT2D eigenvalue weighted by Gasteiger charge is 2.51. The molecule has 8 heteroatoms. The fraction of sp³-hybridized carbons (Fsp3) is 0.385. The molecule has 0 spiro atoms. The fourth-order valence-electron chi connectivity index (χ4n) is 5.39. The smallest absolute Gasteiger partial charge is 0.246 e. The predicted octanol–water partition coefficient (Wildman–Crippen LogP) is 3.86. The molecule has 1 aliphatic carbocycles. The van der Waals surface area contributed by atoms with Crippen LogP contribution in [0.5, 0.6) is 5.75 Å². The first-order valence-corrected chi connectivity index (χ1v) is 11.6. The van der Waals surface area contributed by atoms with Crippen molar-refractivity contribution in [2.75, 3.05) is 11.5 Å². The summed E-state index contributed by atoms with van der Waals surface area (Å²) in [5.41, 5.74) is 3.33. The number of ether oxygens (including phenoxy) is 1. The van der Waals surface area contributed by atoms with Gasteiger partial charge in [-0.1, -0.05) is 6.58 Å². The molecule has 34 heavy (non-hydrogen) atoms.